The molecule has 1 N–H and O–H groups in total. The molecule has 0 unspecified atom stereocenters. The van der Waals surface area contributed by atoms with E-state index in [0.29, 0.717) is 27.8 Å². The molecule has 18 heavy (non-hydrogen) atoms. The minimum absolute atomic E-state index is 0.694. The third-order valence-electron chi connectivity index (χ3n) is 3.34. The summed E-state index contributed by atoms with van der Waals surface area (Å²) in [7, 11) is 0. The van der Waals surface area contributed by atoms with Gasteiger partial charge in [0.25, 0.3) is 0 Å². The Morgan fingerprint density at radius 2 is 1.44 bits per heavy atom. The summed E-state index contributed by atoms with van der Waals surface area (Å²) in [5.41, 5.74) is 1.14. The standard InChI is InChI=1S/C15H23Cl2N/c1-10(2)15(11(3)4)9-18-8-12-5-13(16)7-14(17)6-12/h5-7,10-11,15,18H,8-9H2,1-4H3. The van der Waals surface area contributed by atoms with E-state index in [1.165, 1.54) is 0 Å². The molecule has 0 saturated heterocycles. The molecule has 1 aromatic carbocycles. The Bertz CT molecular complexity index is 347. The van der Waals surface area contributed by atoms with E-state index < -0.39 is 0 Å². The Labute approximate surface area is 121 Å². The largest absolute Gasteiger partial charge is 0.312 e. The van der Waals surface area contributed by atoms with Crippen LogP contribution >= 0.6 is 23.2 Å². The highest BCUT2D eigenvalue weighted by atomic mass is 35.5. The summed E-state index contributed by atoms with van der Waals surface area (Å²) in [6, 6.07) is 5.68. The van der Waals surface area contributed by atoms with E-state index in [1.807, 2.05) is 12.1 Å². The molecule has 0 spiro atoms. The van der Waals surface area contributed by atoms with Crippen molar-refractivity contribution in [3.05, 3.63) is 33.8 Å². The first-order chi connectivity index (χ1) is 8.40. The lowest BCUT2D eigenvalue weighted by Crippen LogP contribution is -2.29. The van der Waals surface area contributed by atoms with Gasteiger partial charge in [-0.2, -0.15) is 0 Å². The minimum atomic E-state index is 0.694. The SMILES string of the molecule is CC(C)C(CNCc1cc(Cl)cc(Cl)c1)C(C)C. The Kier molecular flexibility index (Phi) is 6.48. The second-order valence-electron chi connectivity index (χ2n) is 5.56. The van der Waals surface area contributed by atoms with Crippen LogP contribution in [0.25, 0.3) is 0 Å². The summed E-state index contributed by atoms with van der Waals surface area (Å²) in [6.07, 6.45) is 0. The molecular weight excluding hydrogens is 265 g/mol. The van der Waals surface area contributed by atoms with E-state index in [1.54, 1.807) is 6.07 Å². The quantitative estimate of drug-likeness (QED) is 0.775. The molecule has 1 aromatic rings. The van der Waals surface area contributed by atoms with Crippen molar-refractivity contribution in [3.8, 4) is 0 Å². The van der Waals surface area contributed by atoms with Crippen LogP contribution in [0.5, 0.6) is 0 Å². The third-order valence-corrected chi connectivity index (χ3v) is 3.78. The fourth-order valence-corrected chi connectivity index (χ4v) is 2.91. The van der Waals surface area contributed by atoms with Gasteiger partial charge in [-0.05, 0) is 48.1 Å². The van der Waals surface area contributed by atoms with Crippen molar-refractivity contribution in [1.29, 1.82) is 0 Å². The van der Waals surface area contributed by atoms with Crippen molar-refractivity contribution in [3.63, 3.8) is 0 Å². The predicted octanol–water partition coefficient (Wildman–Crippen LogP) is 5.01. The van der Waals surface area contributed by atoms with Gasteiger partial charge in [0.1, 0.15) is 0 Å². The second kappa shape index (κ2) is 7.37. The molecular formula is C15H23Cl2N. The number of hydrogen-bond donors (Lipinski definition) is 1. The van der Waals surface area contributed by atoms with Crippen LogP contribution < -0.4 is 5.32 Å². The highest BCUT2D eigenvalue weighted by Crippen LogP contribution is 2.21. The van der Waals surface area contributed by atoms with E-state index in [9.17, 15) is 0 Å². The first kappa shape index (κ1) is 15.8. The van der Waals surface area contributed by atoms with Crippen molar-refractivity contribution >= 4 is 23.2 Å². The maximum atomic E-state index is 5.98. The van der Waals surface area contributed by atoms with Gasteiger partial charge in [0.05, 0.1) is 0 Å². The summed E-state index contributed by atoms with van der Waals surface area (Å²) >= 11 is 12.0. The van der Waals surface area contributed by atoms with Crippen LogP contribution in [0.4, 0.5) is 0 Å². The van der Waals surface area contributed by atoms with Gasteiger partial charge in [-0.3, -0.25) is 0 Å². The zero-order valence-corrected chi connectivity index (χ0v) is 13.1. The maximum absolute atomic E-state index is 5.98. The van der Waals surface area contributed by atoms with E-state index in [0.717, 1.165) is 18.7 Å². The second-order valence-corrected chi connectivity index (χ2v) is 6.43. The first-order valence-electron chi connectivity index (χ1n) is 6.55. The lowest BCUT2D eigenvalue weighted by molar-refractivity contribution is 0.275. The lowest BCUT2D eigenvalue weighted by atomic mass is 9.85. The molecule has 0 atom stereocenters. The molecule has 0 aliphatic heterocycles. The van der Waals surface area contributed by atoms with Gasteiger partial charge in [0, 0.05) is 16.6 Å². The summed E-state index contributed by atoms with van der Waals surface area (Å²) in [4.78, 5) is 0. The van der Waals surface area contributed by atoms with Crippen molar-refractivity contribution in [2.75, 3.05) is 6.54 Å². The number of halogens is 2. The molecule has 0 bridgehead atoms. The maximum Gasteiger partial charge on any atom is 0.0424 e. The fourth-order valence-electron chi connectivity index (χ4n) is 2.34. The monoisotopic (exact) mass is 287 g/mol. The summed E-state index contributed by atoms with van der Waals surface area (Å²) in [6.45, 7) is 11.0. The van der Waals surface area contributed by atoms with E-state index in [4.69, 9.17) is 23.2 Å². The zero-order chi connectivity index (χ0) is 13.7. The van der Waals surface area contributed by atoms with Crippen LogP contribution in [0.15, 0.2) is 18.2 Å². The summed E-state index contributed by atoms with van der Waals surface area (Å²) in [5.74, 6) is 2.08. The van der Waals surface area contributed by atoms with Gasteiger partial charge in [-0.15, -0.1) is 0 Å². The van der Waals surface area contributed by atoms with Gasteiger partial charge in [0.15, 0.2) is 0 Å². The molecule has 0 aliphatic rings. The Balaban J connectivity index is 2.50. The molecule has 0 heterocycles. The first-order valence-corrected chi connectivity index (χ1v) is 7.31. The van der Waals surface area contributed by atoms with Gasteiger partial charge in [-0.25, -0.2) is 0 Å². The number of benzene rings is 1. The molecule has 0 aromatic heterocycles. The number of hydrogen-bond acceptors (Lipinski definition) is 1. The highest BCUT2D eigenvalue weighted by Gasteiger charge is 2.16. The van der Waals surface area contributed by atoms with Crippen LogP contribution in [0.1, 0.15) is 33.3 Å². The van der Waals surface area contributed by atoms with E-state index in [2.05, 4.69) is 33.0 Å². The highest BCUT2D eigenvalue weighted by molar-refractivity contribution is 6.34. The fraction of sp³-hybridized carbons (Fsp3) is 0.600. The van der Waals surface area contributed by atoms with Crippen molar-refractivity contribution in [2.45, 2.75) is 34.2 Å². The van der Waals surface area contributed by atoms with E-state index in [-0.39, 0.29) is 0 Å². The molecule has 0 radical (unpaired) electrons. The summed E-state index contributed by atoms with van der Waals surface area (Å²) < 4.78 is 0. The van der Waals surface area contributed by atoms with Crippen LogP contribution in [0.3, 0.4) is 0 Å². The number of nitrogens with one attached hydrogen (secondary N) is 1. The topological polar surface area (TPSA) is 12.0 Å². The van der Waals surface area contributed by atoms with Gasteiger partial charge < -0.3 is 5.32 Å². The lowest BCUT2D eigenvalue weighted by Gasteiger charge is -2.25. The minimum Gasteiger partial charge on any atom is -0.312 e. The molecule has 0 aliphatic carbocycles. The normalized spacial score (nSPS) is 11.8. The van der Waals surface area contributed by atoms with Gasteiger partial charge >= 0.3 is 0 Å². The smallest absolute Gasteiger partial charge is 0.0424 e. The van der Waals surface area contributed by atoms with Crippen LogP contribution in [-0.4, -0.2) is 6.54 Å². The number of rotatable bonds is 6. The Hall–Kier alpha value is -0.240. The average molecular weight is 288 g/mol. The van der Waals surface area contributed by atoms with Crippen LogP contribution in [0, 0.1) is 17.8 Å². The molecule has 1 nitrogen and oxygen atoms in total. The van der Waals surface area contributed by atoms with Crippen LogP contribution in [-0.2, 0) is 6.54 Å². The van der Waals surface area contributed by atoms with Crippen LogP contribution in [0.2, 0.25) is 10.0 Å². The third kappa shape index (κ3) is 5.17. The predicted molar refractivity (Wildman–Crippen MR) is 81.3 cm³/mol. The Morgan fingerprint density at radius 1 is 0.944 bits per heavy atom. The Morgan fingerprint density at radius 3 is 1.89 bits per heavy atom. The molecule has 102 valence electrons. The van der Waals surface area contributed by atoms with Crippen molar-refractivity contribution < 1.29 is 0 Å². The molecule has 0 saturated carbocycles. The molecule has 1 rings (SSSR count). The van der Waals surface area contributed by atoms with Crippen molar-refractivity contribution in [1.82, 2.24) is 5.32 Å². The van der Waals surface area contributed by atoms with Crippen molar-refractivity contribution in [2.24, 2.45) is 17.8 Å². The molecule has 0 fully saturated rings. The average Bonchev–Trinajstić information content (AvgIpc) is 2.21. The van der Waals surface area contributed by atoms with Gasteiger partial charge in [-0.1, -0.05) is 50.9 Å². The van der Waals surface area contributed by atoms with Gasteiger partial charge in [0.2, 0.25) is 0 Å². The zero-order valence-electron chi connectivity index (χ0n) is 11.6. The van der Waals surface area contributed by atoms with E-state index >= 15 is 0 Å². The summed E-state index contributed by atoms with van der Waals surface area (Å²) in [5, 5.41) is 4.90. The molecule has 0 amide bonds. The molecule has 3 heteroatoms.